The van der Waals surface area contributed by atoms with Crippen molar-refractivity contribution >= 4 is 56.8 Å². The average molecular weight is 437 g/mol. The van der Waals surface area contributed by atoms with E-state index in [1.807, 2.05) is 0 Å². The minimum atomic E-state index is 0. The van der Waals surface area contributed by atoms with E-state index in [4.69, 9.17) is 11.6 Å². The zero-order chi connectivity index (χ0) is 16.8. The first-order valence-electron chi connectivity index (χ1n) is 8.00. The van der Waals surface area contributed by atoms with Gasteiger partial charge in [-0.2, -0.15) is 0 Å². The van der Waals surface area contributed by atoms with E-state index in [1.165, 1.54) is 0 Å². The SMILES string of the molecule is CCN(CC)CCCC(C)Nc1ncc(Br)c2nc(Cl)cnc12.Cl. The Morgan fingerprint density at radius 3 is 2.58 bits per heavy atom. The van der Waals surface area contributed by atoms with Crippen LogP contribution in [0, 0.1) is 0 Å². The summed E-state index contributed by atoms with van der Waals surface area (Å²) in [5.41, 5.74) is 1.46. The zero-order valence-corrected chi connectivity index (χ0v) is 17.4. The van der Waals surface area contributed by atoms with Gasteiger partial charge in [0.05, 0.1) is 10.7 Å². The van der Waals surface area contributed by atoms with Crippen LogP contribution >= 0.6 is 39.9 Å². The Morgan fingerprint density at radius 2 is 1.92 bits per heavy atom. The first kappa shape index (κ1) is 21.4. The van der Waals surface area contributed by atoms with Crippen LogP contribution in [0.1, 0.15) is 33.6 Å². The summed E-state index contributed by atoms with van der Waals surface area (Å²) < 4.78 is 0.794. The predicted octanol–water partition coefficient (Wildman–Crippen LogP) is 4.78. The summed E-state index contributed by atoms with van der Waals surface area (Å²) in [4.78, 5) is 15.6. The van der Waals surface area contributed by atoms with Crippen LogP contribution in [0.5, 0.6) is 0 Å². The van der Waals surface area contributed by atoms with Gasteiger partial charge in [-0.05, 0) is 55.3 Å². The lowest BCUT2D eigenvalue weighted by Crippen LogP contribution is -2.25. The van der Waals surface area contributed by atoms with E-state index in [0.29, 0.717) is 11.2 Å². The number of hydrogen-bond acceptors (Lipinski definition) is 5. The third-order valence-electron chi connectivity index (χ3n) is 3.89. The van der Waals surface area contributed by atoms with Gasteiger partial charge in [-0.15, -0.1) is 12.4 Å². The summed E-state index contributed by atoms with van der Waals surface area (Å²) in [6, 6.07) is 0.319. The molecule has 0 radical (unpaired) electrons. The molecule has 8 heteroatoms. The molecule has 1 N–H and O–H groups in total. The minimum Gasteiger partial charge on any atom is -0.366 e. The van der Waals surface area contributed by atoms with Crippen molar-refractivity contribution in [2.24, 2.45) is 0 Å². The fourth-order valence-electron chi connectivity index (χ4n) is 2.52. The van der Waals surface area contributed by atoms with Crippen LogP contribution in [-0.2, 0) is 0 Å². The maximum Gasteiger partial charge on any atom is 0.154 e. The van der Waals surface area contributed by atoms with Gasteiger partial charge in [0, 0.05) is 12.2 Å². The zero-order valence-electron chi connectivity index (χ0n) is 14.2. The quantitative estimate of drug-likeness (QED) is 0.644. The Morgan fingerprint density at radius 1 is 1.21 bits per heavy atom. The highest BCUT2D eigenvalue weighted by atomic mass is 79.9. The number of fused-ring (bicyclic) bond motifs is 1. The maximum absolute atomic E-state index is 5.93. The summed E-state index contributed by atoms with van der Waals surface area (Å²) in [5.74, 6) is 0.753. The summed E-state index contributed by atoms with van der Waals surface area (Å²) in [6.07, 6.45) is 5.52. The fraction of sp³-hybridized carbons (Fsp3) is 0.562. The fourth-order valence-corrected chi connectivity index (χ4v) is 3.04. The Hall–Kier alpha value is -0.690. The van der Waals surface area contributed by atoms with Crippen molar-refractivity contribution in [1.29, 1.82) is 0 Å². The van der Waals surface area contributed by atoms with Gasteiger partial charge in [0.2, 0.25) is 0 Å². The molecule has 0 fully saturated rings. The molecular weight excluding hydrogens is 413 g/mol. The van der Waals surface area contributed by atoms with E-state index < -0.39 is 0 Å². The summed E-state index contributed by atoms with van der Waals surface area (Å²) in [7, 11) is 0. The van der Waals surface area contributed by atoms with Crippen LogP contribution in [0.2, 0.25) is 5.15 Å². The predicted molar refractivity (Wildman–Crippen MR) is 107 cm³/mol. The molecule has 0 saturated carbocycles. The largest absolute Gasteiger partial charge is 0.366 e. The first-order chi connectivity index (χ1) is 11.0. The molecular formula is C16H24BrCl2N5. The average Bonchev–Trinajstić information content (AvgIpc) is 2.54. The van der Waals surface area contributed by atoms with Crippen molar-refractivity contribution in [3.8, 4) is 0 Å². The van der Waals surface area contributed by atoms with Crippen LogP contribution < -0.4 is 5.32 Å². The standard InChI is InChI=1S/C16H23BrClN5.ClH/c1-4-23(5-2)8-6-7-11(3)21-16-15-14(12(17)9-20-16)22-13(18)10-19-15;/h9-11H,4-8H2,1-3H3,(H,20,21);1H. The molecule has 0 bridgehead atoms. The molecule has 0 aliphatic rings. The number of pyridine rings is 1. The minimum absolute atomic E-state index is 0. The van der Waals surface area contributed by atoms with E-state index in [-0.39, 0.29) is 12.4 Å². The van der Waals surface area contributed by atoms with Gasteiger partial charge in [0.1, 0.15) is 16.2 Å². The molecule has 1 unspecified atom stereocenters. The van der Waals surface area contributed by atoms with Crippen LogP contribution in [0.15, 0.2) is 16.9 Å². The van der Waals surface area contributed by atoms with E-state index >= 15 is 0 Å². The second-order valence-corrected chi connectivity index (χ2v) is 6.80. The number of anilines is 1. The third kappa shape index (κ3) is 5.69. The molecule has 24 heavy (non-hydrogen) atoms. The number of halogens is 3. The Labute approximate surface area is 163 Å². The molecule has 2 aromatic heterocycles. The summed E-state index contributed by atoms with van der Waals surface area (Å²) in [6.45, 7) is 9.91. The number of hydrogen-bond donors (Lipinski definition) is 1. The first-order valence-corrected chi connectivity index (χ1v) is 9.17. The molecule has 0 aliphatic carbocycles. The Kier molecular flexibility index (Phi) is 9.19. The summed E-state index contributed by atoms with van der Waals surface area (Å²) in [5, 5.41) is 3.82. The molecule has 1 atom stereocenters. The van der Waals surface area contributed by atoms with Gasteiger partial charge in [-0.3, -0.25) is 0 Å². The Balaban J connectivity index is 0.00000288. The van der Waals surface area contributed by atoms with Crippen LogP contribution in [0.25, 0.3) is 11.0 Å². The number of rotatable bonds is 8. The molecule has 2 rings (SSSR count). The molecule has 2 heterocycles. The van der Waals surface area contributed by atoms with Crippen LogP contribution in [0.3, 0.4) is 0 Å². The Bertz CT molecular complexity index is 652. The van der Waals surface area contributed by atoms with Crippen molar-refractivity contribution in [2.45, 2.75) is 39.7 Å². The molecule has 5 nitrogen and oxygen atoms in total. The van der Waals surface area contributed by atoms with Crippen molar-refractivity contribution in [1.82, 2.24) is 19.9 Å². The summed E-state index contributed by atoms with van der Waals surface area (Å²) >= 11 is 9.38. The molecule has 0 saturated heterocycles. The molecule has 0 spiro atoms. The van der Waals surface area contributed by atoms with Crippen molar-refractivity contribution in [2.75, 3.05) is 25.0 Å². The van der Waals surface area contributed by atoms with Crippen LogP contribution in [0.4, 0.5) is 5.82 Å². The third-order valence-corrected chi connectivity index (χ3v) is 4.65. The topological polar surface area (TPSA) is 53.9 Å². The number of nitrogens with zero attached hydrogens (tertiary/aromatic N) is 4. The lowest BCUT2D eigenvalue weighted by molar-refractivity contribution is 0.295. The highest BCUT2D eigenvalue weighted by Gasteiger charge is 2.12. The molecule has 0 aliphatic heterocycles. The van der Waals surface area contributed by atoms with Gasteiger partial charge >= 0.3 is 0 Å². The molecule has 134 valence electrons. The van der Waals surface area contributed by atoms with Gasteiger partial charge in [-0.25, -0.2) is 15.0 Å². The lowest BCUT2D eigenvalue weighted by Gasteiger charge is -2.20. The van der Waals surface area contributed by atoms with Crippen LogP contribution in [-0.4, -0.2) is 45.5 Å². The smallest absolute Gasteiger partial charge is 0.154 e. The molecule has 0 aromatic carbocycles. The van der Waals surface area contributed by atoms with Gasteiger partial charge in [0.25, 0.3) is 0 Å². The van der Waals surface area contributed by atoms with Gasteiger partial charge in [-0.1, -0.05) is 25.4 Å². The van der Waals surface area contributed by atoms with E-state index in [0.717, 1.165) is 53.8 Å². The van der Waals surface area contributed by atoms with Gasteiger partial charge < -0.3 is 10.2 Å². The normalized spacial score (nSPS) is 12.2. The highest BCUT2D eigenvalue weighted by Crippen LogP contribution is 2.26. The van der Waals surface area contributed by atoms with Crippen molar-refractivity contribution < 1.29 is 0 Å². The second-order valence-electron chi connectivity index (χ2n) is 5.56. The lowest BCUT2D eigenvalue weighted by atomic mass is 10.1. The van der Waals surface area contributed by atoms with E-state index in [9.17, 15) is 0 Å². The number of nitrogens with one attached hydrogen (secondary N) is 1. The van der Waals surface area contributed by atoms with E-state index in [2.05, 4.69) is 61.9 Å². The number of aromatic nitrogens is 3. The van der Waals surface area contributed by atoms with Crippen molar-refractivity contribution in [3.05, 3.63) is 22.0 Å². The maximum atomic E-state index is 5.93. The molecule has 2 aromatic rings. The second kappa shape index (κ2) is 10.3. The highest BCUT2D eigenvalue weighted by molar-refractivity contribution is 9.10. The van der Waals surface area contributed by atoms with Gasteiger partial charge in [0.15, 0.2) is 5.82 Å². The molecule has 0 amide bonds. The van der Waals surface area contributed by atoms with E-state index in [1.54, 1.807) is 12.4 Å². The monoisotopic (exact) mass is 435 g/mol. The van der Waals surface area contributed by atoms with Crippen molar-refractivity contribution in [3.63, 3.8) is 0 Å².